The van der Waals surface area contributed by atoms with E-state index in [1.807, 2.05) is 39.0 Å². The lowest BCUT2D eigenvalue weighted by molar-refractivity contribution is 0.239. The first-order valence-electron chi connectivity index (χ1n) is 5.22. The minimum absolute atomic E-state index is 0.177. The second kappa shape index (κ2) is 5.06. The zero-order chi connectivity index (χ0) is 11.4. The zero-order valence-corrected chi connectivity index (χ0v) is 9.91. The largest absolute Gasteiger partial charge is 0.497 e. The zero-order valence-electron chi connectivity index (χ0n) is 9.91. The Balaban J connectivity index is 3.03. The molecule has 0 amide bonds. The molecule has 1 aromatic rings. The van der Waals surface area contributed by atoms with Crippen LogP contribution in [0.25, 0.3) is 0 Å². The van der Waals surface area contributed by atoms with Gasteiger partial charge in [-0.05, 0) is 44.9 Å². The van der Waals surface area contributed by atoms with E-state index < -0.39 is 0 Å². The molecule has 0 heterocycles. The molecule has 1 atom stereocenters. The molecule has 0 aliphatic heterocycles. The number of rotatable bonds is 4. The van der Waals surface area contributed by atoms with Gasteiger partial charge in [0, 0.05) is 5.56 Å². The Kier molecular flexibility index (Phi) is 4.01. The predicted molar refractivity (Wildman–Crippen MR) is 62.5 cm³/mol. The van der Waals surface area contributed by atoms with Crippen LogP contribution in [0.4, 0.5) is 0 Å². The van der Waals surface area contributed by atoms with Crippen molar-refractivity contribution < 1.29 is 9.47 Å². The normalized spacial score (nSPS) is 10.9. The summed E-state index contributed by atoms with van der Waals surface area (Å²) >= 11 is 0. The summed E-state index contributed by atoms with van der Waals surface area (Å²) in [6.45, 7) is 10.1. The summed E-state index contributed by atoms with van der Waals surface area (Å²) in [6.07, 6.45) is 0.177. The van der Waals surface area contributed by atoms with Gasteiger partial charge in [0.2, 0.25) is 0 Å². The van der Waals surface area contributed by atoms with Crippen molar-refractivity contribution in [2.75, 3.05) is 7.11 Å². The Morgan fingerprint density at radius 2 is 1.87 bits per heavy atom. The van der Waals surface area contributed by atoms with E-state index in [9.17, 15) is 0 Å². The number of hydrogen-bond acceptors (Lipinski definition) is 2. The first kappa shape index (κ1) is 11.9. The van der Waals surface area contributed by atoms with Gasteiger partial charge in [-0.3, -0.25) is 0 Å². The molecule has 1 aromatic carbocycles. The molecule has 0 bridgehead atoms. The van der Waals surface area contributed by atoms with Gasteiger partial charge in [0.05, 0.1) is 13.2 Å². The van der Waals surface area contributed by atoms with Gasteiger partial charge in [-0.25, -0.2) is 0 Å². The maximum absolute atomic E-state index is 5.71. The van der Waals surface area contributed by atoms with Crippen molar-refractivity contribution in [2.24, 2.45) is 0 Å². The predicted octanol–water partition coefficient (Wildman–Crippen LogP) is 3.42. The Labute approximate surface area is 92.2 Å². The minimum Gasteiger partial charge on any atom is -0.497 e. The van der Waals surface area contributed by atoms with Gasteiger partial charge in [0.15, 0.2) is 0 Å². The fourth-order valence-electron chi connectivity index (χ4n) is 1.40. The lowest BCUT2D eigenvalue weighted by Gasteiger charge is -2.17. The molecule has 0 saturated carbocycles. The van der Waals surface area contributed by atoms with E-state index in [1.165, 1.54) is 0 Å². The lowest BCUT2D eigenvalue weighted by atomic mass is 10.0. The van der Waals surface area contributed by atoms with E-state index in [1.54, 1.807) is 7.11 Å². The van der Waals surface area contributed by atoms with Crippen molar-refractivity contribution in [2.45, 2.75) is 32.8 Å². The Bertz CT molecular complexity index is 316. The molecule has 1 rings (SSSR count). The SMILES string of the molecule is [CH2]C(C)c1cc(OC)ccc1OC(C)C. The summed E-state index contributed by atoms with van der Waals surface area (Å²) in [5, 5.41) is 0. The van der Waals surface area contributed by atoms with E-state index in [2.05, 4.69) is 6.92 Å². The summed E-state index contributed by atoms with van der Waals surface area (Å²) in [6, 6.07) is 5.83. The van der Waals surface area contributed by atoms with Crippen LogP contribution in [0.1, 0.15) is 32.3 Å². The van der Waals surface area contributed by atoms with Crippen LogP contribution in [-0.4, -0.2) is 13.2 Å². The second-order valence-corrected chi connectivity index (χ2v) is 3.97. The maximum Gasteiger partial charge on any atom is 0.123 e. The van der Waals surface area contributed by atoms with E-state index in [0.29, 0.717) is 0 Å². The molecule has 0 N–H and O–H groups in total. The highest BCUT2D eigenvalue weighted by Crippen LogP contribution is 2.30. The highest BCUT2D eigenvalue weighted by molar-refractivity contribution is 5.42. The molecule has 0 fully saturated rings. The summed E-state index contributed by atoms with van der Waals surface area (Å²) in [5.41, 5.74) is 1.09. The van der Waals surface area contributed by atoms with Gasteiger partial charge in [-0.15, -0.1) is 0 Å². The Hall–Kier alpha value is -1.18. The van der Waals surface area contributed by atoms with Gasteiger partial charge in [-0.2, -0.15) is 0 Å². The topological polar surface area (TPSA) is 18.5 Å². The van der Waals surface area contributed by atoms with Crippen LogP contribution in [0.15, 0.2) is 18.2 Å². The molecule has 0 spiro atoms. The van der Waals surface area contributed by atoms with Crippen molar-refractivity contribution in [1.29, 1.82) is 0 Å². The third-order valence-corrected chi connectivity index (χ3v) is 2.11. The Morgan fingerprint density at radius 3 is 2.33 bits per heavy atom. The average molecular weight is 207 g/mol. The monoisotopic (exact) mass is 207 g/mol. The standard InChI is InChI=1S/C13H19O2/c1-9(2)12-8-11(14-5)6-7-13(12)15-10(3)4/h6-10H,1H2,2-5H3. The quantitative estimate of drug-likeness (QED) is 0.753. The Morgan fingerprint density at radius 1 is 1.20 bits per heavy atom. The molecule has 15 heavy (non-hydrogen) atoms. The van der Waals surface area contributed by atoms with Gasteiger partial charge in [0.1, 0.15) is 11.5 Å². The van der Waals surface area contributed by atoms with E-state index in [-0.39, 0.29) is 12.0 Å². The van der Waals surface area contributed by atoms with E-state index in [0.717, 1.165) is 17.1 Å². The van der Waals surface area contributed by atoms with Crippen molar-refractivity contribution in [3.05, 3.63) is 30.7 Å². The molecule has 0 saturated heterocycles. The number of hydrogen-bond donors (Lipinski definition) is 0. The average Bonchev–Trinajstić information content (AvgIpc) is 2.17. The molecule has 1 unspecified atom stereocenters. The van der Waals surface area contributed by atoms with Crippen LogP contribution in [0, 0.1) is 6.92 Å². The van der Waals surface area contributed by atoms with E-state index in [4.69, 9.17) is 9.47 Å². The fraction of sp³-hybridized carbons (Fsp3) is 0.462. The maximum atomic E-state index is 5.71. The second-order valence-electron chi connectivity index (χ2n) is 3.97. The van der Waals surface area contributed by atoms with Crippen LogP contribution >= 0.6 is 0 Å². The first-order chi connectivity index (χ1) is 7.04. The van der Waals surface area contributed by atoms with Gasteiger partial charge in [0.25, 0.3) is 0 Å². The molecule has 1 radical (unpaired) electrons. The fourth-order valence-corrected chi connectivity index (χ4v) is 1.40. The van der Waals surface area contributed by atoms with Crippen molar-refractivity contribution in [3.8, 4) is 11.5 Å². The van der Waals surface area contributed by atoms with Crippen LogP contribution in [-0.2, 0) is 0 Å². The van der Waals surface area contributed by atoms with Crippen LogP contribution in [0.3, 0.4) is 0 Å². The lowest BCUT2D eigenvalue weighted by Crippen LogP contribution is -2.08. The van der Waals surface area contributed by atoms with Crippen LogP contribution in [0.2, 0.25) is 0 Å². The first-order valence-corrected chi connectivity index (χ1v) is 5.22. The van der Waals surface area contributed by atoms with Crippen LogP contribution in [0.5, 0.6) is 11.5 Å². The van der Waals surface area contributed by atoms with E-state index >= 15 is 0 Å². The smallest absolute Gasteiger partial charge is 0.123 e. The van der Waals surface area contributed by atoms with Crippen molar-refractivity contribution in [1.82, 2.24) is 0 Å². The molecule has 0 aliphatic rings. The molecular weight excluding hydrogens is 188 g/mol. The van der Waals surface area contributed by atoms with Gasteiger partial charge >= 0.3 is 0 Å². The summed E-state index contributed by atoms with van der Waals surface area (Å²) in [4.78, 5) is 0. The molecular formula is C13H19O2. The number of ether oxygens (including phenoxy) is 2. The van der Waals surface area contributed by atoms with Crippen molar-refractivity contribution >= 4 is 0 Å². The molecule has 2 nitrogen and oxygen atoms in total. The summed E-state index contributed by atoms with van der Waals surface area (Å²) < 4.78 is 10.9. The number of methoxy groups -OCH3 is 1. The highest BCUT2D eigenvalue weighted by atomic mass is 16.5. The van der Waals surface area contributed by atoms with Gasteiger partial charge < -0.3 is 9.47 Å². The minimum atomic E-state index is 0.177. The summed E-state index contributed by atoms with van der Waals surface area (Å²) in [7, 11) is 1.66. The van der Waals surface area contributed by atoms with Crippen molar-refractivity contribution in [3.63, 3.8) is 0 Å². The summed E-state index contributed by atoms with van der Waals surface area (Å²) in [5.74, 6) is 1.93. The third-order valence-electron chi connectivity index (χ3n) is 2.11. The van der Waals surface area contributed by atoms with Crippen LogP contribution < -0.4 is 9.47 Å². The molecule has 0 aromatic heterocycles. The number of benzene rings is 1. The molecule has 0 aliphatic carbocycles. The molecule has 83 valence electrons. The highest BCUT2D eigenvalue weighted by Gasteiger charge is 2.10. The third kappa shape index (κ3) is 3.15. The molecule has 2 heteroatoms. The van der Waals surface area contributed by atoms with Gasteiger partial charge in [-0.1, -0.05) is 6.92 Å².